The molecule has 2 heterocycles. The molecule has 0 saturated carbocycles. The highest BCUT2D eigenvalue weighted by Gasteiger charge is 2.43. The molecular weight excluding hydrogens is 486 g/mol. The number of amides is 2. The number of hydrogen-bond donors (Lipinski definition) is 0. The van der Waals surface area contributed by atoms with Gasteiger partial charge in [-0.25, -0.2) is 4.79 Å². The van der Waals surface area contributed by atoms with Crippen molar-refractivity contribution in [3.8, 4) is 17.2 Å². The van der Waals surface area contributed by atoms with Crippen molar-refractivity contribution in [2.75, 3.05) is 0 Å². The lowest BCUT2D eigenvalue weighted by Gasteiger charge is -2.25. The Labute approximate surface area is 218 Å². The third kappa shape index (κ3) is 4.56. The van der Waals surface area contributed by atoms with E-state index in [0.29, 0.717) is 5.75 Å². The molecule has 0 radical (unpaired) electrons. The fourth-order valence-corrected chi connectivity index (χ4v) is 4.48. The molecule has 5 rings (SSSR count). The molecule has 192 valence electrons. The van der Waals surface area contributed by atoms with E-state index in [-0.39, 0.29) is 57.1 Å². The summed E-state index contributed by atoms with van der Waals surface area (Å²) in [7, 11) is 0. The second-order valence-corrected chi connectivity index (χ2v) is 9.48. The van der Waals surface area contributed by atoms with Crippen molar-refractivity contribution >= 4 is 28.8 Å². The van der Waals surface area contributed by atoms with Crippen LogP contribution >= 0.6 is 0 Å². The molecule has 2 amide bonds. The van der Waals surface area contributed by atoms with Gasteiger partial charge in [-0.05, 0) is 55.7 Å². The van der Waals surface area contributed by atoms with Gasteiger partial charge in [0.2, 0.25) is 11.2 Å². The van der Waals surface area contributed by atoms with Crippen molar-refractivity contribution in [2.24, 2.45) is 5.92 Å². The Balaban J connectivity index is 1.43. The van der Waals surface area contributed by atoms with Gasteiger partial charge < -0.3 is 13.9 Å². The molecule has 1 atom stereocenters. The zero-order valence-electron chi connectivity index (χ0n) is 21.1. The minimum absolute atomic E-state index is 0.00262. The topological polar surface area (TPSA) is 103 Å². The van der Waals surface area contributed by atoms with Crippen LogP contribution in [0.3, 0.4) is 0 Å². The minimum atomic E-state index is -1.12. The van der Waals surface area contributed by atoms with Crippen molar-refractivity contribution in [1.82, 2.24) is 4.90 Å². The summed E-state index contributed by atoms with van der Waals surface area (Å²) in [5, 5.41) is 0.250. The number of ether oxygens (including phenoxy) is 2. The Kier molecular flexibility index (Phi) is 6.55. The van der Waals surface area contributed by atoms with Crippen molar-refractivity contribution < 1.29 is 28.3 Å². The number of hydrogen-bond acceptors (Lipinski definition) is 7. The van der Waals surface area contributed by atoms with Crippen LogP contribution in [0.15, 0.2) is 82.0 Å². The van der Waals surface area contributed by atoms with Gasteiger partial charge in [0.25, 0.3) is 11.8 Å². The van der Waals surface area contributed by atoms with E-state index in [1.807, 2.05) is 19.9 Å². The molecule has 1 unspecified atom stereocenters. The highest BCUT2D eigenvalue weighted by molar-refractivity contribution is 6.22. The largest absolute Gasteiger partial charge is 0.457 e. The number of aryl methyl sites for hydroxylation is 1. The number of nitrogens with zero attached hydrogens (tertiary/aromatic N) is 1. The van der Waals surface area contributed by atoms with Crippen LogP contribution in [0, 0.1) is 12.8 Å². The number of rotatable bonds is 7. The summed E-state index contributed by atoms with van der Waals surface area (Å²) >= 11 is 0. The maximum atomic E-state index is 13.3. The molecule has 8 heteroatoms. The van der Waals surface area contributed by atoms with Gasteiger partial charge in [0.05, 0.1) is 16.5 Å². The lowest BCUT2D eigenvalue weighted by atomic mass is 10.0. The fourth-order valence-electron chi connectivity index (χ4n) is 4.48. The van der Waals surface area contributed by atoms with Gasteiger partial charge in [0.15, 0.2) is 0 Å². The standard InChI is InChI=1S/C30H25NO7/c1-17(2)15-24(31-28(33)21-11-7-8-12-22(21)29(31)34)30(35)38-20-13-14-23-25(16-20)36-18(3)27(26(23)32)37-19-9-5-4-6-10-19/h4-14,16-17,24H,15H2,1-3H3. The molecule has 8 nitrogen and oxygen atoms in total. The molecular formula is C30H25NO7. The molecule has 0 aliphatic carbocycles. The number of carbonyl (C=O) groups excluding carboxylic acids is 3. The number of imide groups is 1. The van der Waals surface area contributed by atoms with Crippen LogP contribution in [-0.4, -0.2) is 28.7 Å². The van der Waals surface area contributed by atoms with Crippen LogP contribution in [-0.2, 0) is 4.79 Å². The van der Waals surface area contributed by atoms with E-state index < -0.39 is 23.8 Å². The molecule has 1 aliphatic rings. The zero-order chi connectivity index (χ0) is 27.0. The molecule has 38 heavy (non-hydrogen) atoms. The summed E-state index contributed by atoms with van der Waals surface area (Å²) in [6.45, 7) is 5.39. The van der Waals surface area contributed by atoms with Crippen LogP contribution in [0.5, 0.6) is 17.2 Å². The van der Waals surface area contributed by atoms with Crippen molar-refractivity contribution in [1.29, 1.82) is 0 Å². The third-order valence-electron chi connectivity index (χ3n) is 6.27. The zero-order valence-corrected chi connectivity index (χ0v) is 21.1. The molecule has 0 N–H and O–H groups in total. The van der Waals surface area contributed by atoms with E-state index in [1.165, 1.54) is 18.2 Å². The van der Waals surface area contributed by atoms with Crippen LogP contribution in [0.25, 0.3) is 11.0 Å². The maximum Gasteiger partial charge on any atom is 0.334 e. The lowest BCUT2D eigenvalue weighted by Crippen LogP contribution is -2.47. The Hall–Kier alpha value is -4.72. The SMILES string of the molecule is Cc1oc2cc(OC(=O)C(CC(C)C)N3C(=O)c4ccccc4C3=O)ccc2c(=O)c1Oc1ccccc1. The molecule has 0 saturated heterocycles. The first-order valence-corrected chi connectivity index (χ1v) is 12.2. The Morgan fingerprint density at radius 1 is 0.868 bits per heavy atom. The Morgan fingerprint density at radius 2 is 1.50 bits per heavy atom. The van der Waals surface area contributed by atoms with E-state index in [9.17, 15) is 19.2 Å². The van der Waals surface area contributed by atoms with E-state index in [0.717, 1.165) is 4.90 Å². The van der Waals surface area contributed by atoms with Crippen molar-refractivity contribution in [3.63, 3.8) is 0 Å². The normalized spacial score (nSPS) is 13.6. The summed E-state index contributed by atoms with van der Waals surface area (Å²) in [6, 6.07) is 18.6. The highest BCUT2D eigenvalue weighted by Crippen LogP contribution is 2.30. The van der Waals surface area contributed by atoms with E-state index >= 15 is 0 Å². The van der Waals surface area contributed by atoms with Crippen LogP contribution in [0.2, 0.25) is 0 Å². The van der Waals surface area contributed by atoms with Gasteiger partial charge in [-0.2, -0.15) is 0 Å². The summed E-state index contributed by atoms with van der Waals surface area (Å²) in [6.07, 6.45) is 0.228. The van der Waals surface area contributed by atoms with Gasteiger partial charge in [-0.15, -0.1) is 0 Å². The molecule has 1 aromatic heterocycles. The number of carbonyl (C=O) groups is 3. The first kappa shape index (κ1) is 25.0. The Bertz CT molecular complexity index is 1590. The summed E-state index contributed by atoms with van der Waals surface area (Å²) in [5.41, 5.74) is 0.361. The quantitative estimate of drug-likeness (QED) is 0.183. The minimum Gasteiger partial charge on any atom is -0.457 e. The van der Waals surface area contributed by atoms with E-state index in [1.54, 1.807) is 55.5 Å². The van der Waals surface area contributed by atoms with E-state index in [2.05, 4.69) is 0 Å². The van der Waals surface area contributed by atoms with Gasteiger partial charge in [0.1, 0.15) is 28.9 Å². The average Bonchev–Trinajstić information content (AvgIpc) is 3.15. The highest BCUT2D eigenvalue weighted by atomic mass is 16.5. The first-order chi connectivity index (χ1) is 18.2. The molecule has 0 fully saturated rings. The smallest absolute Gasteiger partial charge is 0.334 e. The lowest BCUT2D eigenvalue weighted by molar-refractivity contribution is -0.139. The van der Waals surface area contributed by atoms with Crippen molar-refractivity contribution in [3.05, 3.63) is 99.9 Å². The van der Waals surface area contributed by atoms with Crippen LogP contribution in [0.1, 0.15) is 46.7 Å². The molecule has 0 spiro atoms. The predicted molar refractivity (Wildman–Crippen MR) is 140 cm³/mol. The van der Waals surface area contributed by atoms with Gasteiger partial charge in [0, 0.05) is 6.07 Å². The predicted octanol–water partition coefficient (Wildman–Crippen LogP) is 5.51. The second kappa shape index (κ2) is 9.97. The molecule has 1 aliphatic heterocycles. The van der Waals surface area contributed by atoms with Gasteiger partial charge in [-0.1, -0.05) is 44.2 Å². The number of esters is 1. The monoisotopic (exact) mass is 511 g/mol. The van der Waals surface area contributed by atoms with Crippen LogP contribution in [0.4, 0.5) is 0 Å². The summed E-state index contributed by atoms with van der Waals surface area (Å²) in [5.74, 6) is -0.870. The number of para-hydroxylation sites is 1. The second-order valence-electron chi connectivity index (χ2n) is 9.48. The molecule has 3 aromatic carbocycles. The Morgan fingerprint density at radius 3 is 2.13 bits per heavy atom. The van der Waals surface area contributed by atoms with Crippen LogP contribution < -0.4 is 14.9 Å². The van der Waals surface area contributed by atoms with Crippen molar-refractivity contribution in [2.45, 2.75) is 33.2 Å². The molecule has 0 bridgehead atoms. The third-order valence-corrected chi connectivity index (χ3v) is 6.27. The average molecular weight is 512 g/mol. The van der Waals surface area contributed by atoms with Gasteiger partial charge in [-0.3, -0.25) is 19.3 Å². The number of fused-ring (bicyclic) bond motifs is 2. The first-order valence-electron chi connectivity index (χ1n) is 12.2. The van der Waals surface area contributed by atoms with E-state index in [4.69, 9.17) is 13.9 Å². The fraction of sp³-hybridized carbons (Fsp3) is 0.200. The molecule has 4 aromatic rings. The summed E-state index contributed by atoms with van der Waals surface area (Å²) in [4.78, 5) is 53.5. The summed E-state index contributed by atoms with van der Waals surface area (Å²) < 4.78 is 17.2. The van der Waals surface area contributed by atoms with Gasteiger partial charge >= 0.3 is 5.97 Å². The maximum absolute atomic E-state index is 13.3. The number of benzene rings is 3.